The van der Waals surface area contributed by atoms with Crippen molar-refractivity contribution in [3.63, 3.8) is 0 Å². The van der Waals surface area contributed by atoms with E-state index >= 15 is 0 Å². The van der Waals surface area contributed by atoms with Gasteiger partial charge in [-0.05, 0) is 62.4 Å². The molecule has 0 aliphatic carbocycles. The van der Waals surface area contributed by atoms with E-state index < -0.39 is 0 Å². The third kappa shape index (κ3) is 53.1. The second kappa shape index (κ2) is 68.9. The van der Waals surface area contributed by atoms with Crippen LogP contribution in [0, 0.1) is 6.92 Å². The molecule has 536 valence electrons. The van der Waals surface area contributed by atoms with E-state index in [4.69, 9.17) is 0 Å². The van der Waals surface area contributed by atoms with Crippen LogP contribution in [0.1, 0.15) is 467 Å². The zero-order chi connectivity index (χ0) is 65.8. The minimum atomic E-state index is 0.877. The van der Waals surface area contributed by atoms with Gasteiger partial charge in [-0.15, -0.1) is 0 Å². The monoisotopic (exact) mass is 1320 g/mol. The van der Waals surface area contributed by atoms with Crippen LogP contribution in [0.5, 0.6) is 0 Å². The predicted octanol–water partition coefficient (Wildman–Crippen LogP) is 32.7. The summed E-state index contributed by atoms with van der Waals surface area (Å²) in [7, 11) is 0. The van der Waals surface area contributed by atoms with Crippen LogP contribution in [-0.4, -0.2) is 4.70 Å². The molecule has 0 N–H and O–H groups in total. The summed E-state index contributed by atoms with van der Waals surface area (Å²) in [5.74, 6) is 0. The first-order valence-corrected chi connectivity index (χ1v) is 43.5. The molecular formula is C89H160N2Ni. The second-order valence-electron chi connectivity index (χ2n) is 29.5. The molecule has 1 aliphatic heterocycles. The van der Waals surface area contributed by atoms with Crippen LogP contribution in [-0.2, 0) is 20.9 Å². The molecule has 0 fully saturated rings. The molecule has 0 radical (unpaired) electrons. The summed E-state index contributed by atoms with van der Waals surface area (Å²) >= 11 is 2.06. The molecule has 0 saturated carbocycles. The van der Waals surface area contributed by atoms with Crippen LogP contribution in [0.2, 0.25) is 10.8 Å². The van der Waals surface area contributed by atoms with E-state index in [9.17, 15) is 5.53 Å². The Morgan fingerprint density at radius 2 is 0.554 bits per heavy atom. The van der Waals surface area contributed by atoms with E-state index in [-0.39, 0.29) is 0 Å². The Kier molecular flexibility index (Phi) is 64.5. The molecule has 0 aromatic heterocycles. The van der Waals surface area contributed by atoms with Crippen molar-refractivity contribution in [3.05, 3.63) is 88.0 Å². The van der Waals surface area contributed by atoms with Gasteiger partial charge in [-0.3, -0.25) is 0 Å². The van der Waals surface area contributed by atoms with E-state index in [0.717, 1.165) is 48.2 Å². The average Bonchev–Trinajstić information content (AvgIpc) is 1.68. The fourth-order valence-electron chi connectivity index (χ4n) is 14.1. The van der Waals surface area contributed by atoms with Gasteiger partial charge in [-0.25, -0.2) is 4.70 Å². The SMILES string of the molecule is CCCCCCCCCCCCCCCCCCCCCCCCCCCCC[CH2][Ni][CH2]CCCCCCCCCCCCCCCCCCCCCCCCCCCCC.CCCCCCCCc1cccc(C2=C(CCCC)C=C(c3ccc(C)cc3)[N+]2=[N-])c1. The number of nitrogens with zero attached hydrogens (tertiary/aromatic N) is 2. The van der Waals surface area contributed by atoms with Gasteiger partial charge in [-0.2, -0.15) is 0 Å². The number of allylic oxidation sites excluding steroid dienone is 2. The van der Waals surface area contributed by atoms with Gasteiger partial charge in [-0.1, -0.05) is 314 Å². The van der Waals surface area contributed by atoms with Crippen LogP contribution in [0.3, 0.4) is 0 Å². The molecule has 0 saturated heterocycles. The summed E-state index contributed by atoms with van der Waals surface area (Å²) in [5.41, 5.74) is 19.0. The van der Waals surface area contributed by atoms with Crippen LogP contribution in [0.15, 0.2) is 60.2 Å². The number of unbranched alkanes of at least 4 members (excludes halogenated alkanes) is 60. The quantitative estimate of drug-likeness (QED) is 0.0358. The topological polar surface area (TPSA) is 25.3 Å². The fraction of sp³-hybridized carbons (Fsp3) is 0.820. The van der Waals surface area contributed by atoms with Gasteiger partial charge in [0.25, 0.3) is 0 Å². The number of aryl methyl sites for hydroxylation is 2. The number of rotatable bonds is 70. The molecule has 0 bridgehead atoms. The molecule has 0 amide bonds. The molecule has 0 spiro atoms. The minimum Gasteiger partial charge on any atom is -0.493 e. The van der Waals surface area contributed by atoms with Crippen LogP contribution in [0.4, 0.5) is 0 Å². The van der Waals surface area contributed by atoms with E-state index in [1.165, 1.54) is 430 Å². The first kappa shape index (κ1) is 86.1. The van der Waals surface area contributed by atoms with Crippen LogP contribution >= 0.6 is 0 Å². The number of hydrogen-bond acceptors (Lipinski definition) is 0. The molecule has 0 unspecified atom stereocenters. The van der Waals surface area contributed by atoms with Crippen molar-refractivity contribution in [2.75, 3.05) is 0 Å². The van der Waals surface area contributed by atoms with Gasteiger partial charge in [0.05, 0.1) is 0 Å². The Labute approximate surface area is 584 Å². The molecule has 2 aromatic rings. The van der Waals surface area contributed by atoms with Crippen molar-refractivity contribution >= 4 is 11.4 Å². The first-order chi connectivity index (χ1) is 45.5. The van der Waals surface area contributed by atoms with Gasteiger partial charge < -0.3 is 5.53 Å². The van der Waals surface area contributed by atoms with Gasteiger partial charge >= 0.3 is 166 Å². The third-order valence-corrected chi connectivity index (χ3v) is 21.8. The summed E-state index contributed by atoms with van der Waals surface area (Å²) in [6.07, 6.45) is 97.6. The second-order valence-corrected chi connectivity index (χ2v) is 31.0. The minimum absolute atomic E-state index is 0.877. The maximum atomic E-state index is 11.2. The Hall–Kier alpha value is -1.99. The summed E-state index contributed by atoms with van der Waals surface area (Å²) in [6.45, 7) is 11.2. The summed E-state index contributed by atoms with van der Waals surface area (Å²) in [4.78, 5) is 0. The van der Waals surface area contributed by atoms with Gasteiger partial charge in [0, 0.05) is 22.8 Å². The van der Waals surface area contributed by atoms with Crippen molar-refractivity contribution < 1.29 is 19.1 Å². The van der Waals surface area contributed by atoms with Crippen molar-refractivity contribution in [1.82, 2.24) is 0 Å². The number of benzene rings is 2. The Morgan fingerprint density at radius 3 is 0.848 bits per heavy atom. The van der Waals surface area contributed by atoms with Gasteiger partial charge in [0.15, 0.2) is 0 Å². The van der Waals surface area contributed by atoms with E-state index in [0.29, 0.717) is 0 Å². The van der Waals surface area contributed by atoms with E-state index in [1.54, 1.807) is 0 Å². The normalized spacial score (nSPS) is 12.4. The first-order valence-electron chi connectivity index (χ1n) is 42.1. The van der Waals surface area contributed by atoms with Crippen molar-refractivity contribution in [2.24, 2.45) is 0 Å². The standard InChI is InChI=1S/2C30H61.C29H38N2.Ni/c2*1-3-5-7-9-11-13-15-17-19-21-23-25-27-29-30-28-26-24-22-20-18-16-14-12-10-8-6-4-2;1-4-6-8-9-10-11-13-24-14-12-16-26(21-24)29-27(15-7-5-2)22-28(31(29)30)25-19-17-23(3)18-20-25;/h2*1,3-30H2,2H3;12,14,16-22H,4-11,13,15H2,1-3H3;. The molecule has 1 aliphatic rings. The van der Waals surface area contributed by atoms with Crippen molar-refractivity contribution in [2.45, 2.75) is 469 Å². The Balaban J connectivity index is 0.000000768. The van der Waals surface area contributed by atoms with E-state index in [1.807, 2.05) is 0 Å². The maximum absolute atomic E-state index is 11.2. The third-order valence-electron chi connectivity index (χ3n) is 20.4. The molecule has 92 heavy (non-hydrogen) atoms. The fourth-order valence-corrected chi connectivity index (χ4v) is 15.3. The Bertz CT molecular complexity index is 1850. The van der Waals surface area contributed by atoms with E-state index in [2.05, 4.69) is 104 Å². The van der Waals surface area contributed by atoms with Crippen molar-refractivity contribution in [1.29, 1.82) is 0 Å². The van der Waals surface area contributed by atoms with Gasteiger partial charge in [0.1, 0.15) is 0 Å². The molecule has 2 nitrogen and oxygen atoms in total. The Morgan fingerprint density at radius 1 is 0.283 bits per heavy atom. The zero-order valence-electron chi connectivity index (χ0n) is 63.0. The number of hydrogen-bond donors (Lipinski definition) is 0. The van der Waals surface area contributed by atoms with Crippen molar-refractivity contribution in [3.8, 4) is 0 Å². The molecule has 2 aromatic carbocycles. The average molecular weight is 1320 g/mol. The summed E-state index contributed by atoms with van der Waals surface area (Å²) in [6, 6.07) is 17.2. The van der Waals surface area contributed by atoms with Gasteiger partial charge in [0.2, 0.25) is 11.4 Å². The summed E-state index contributed by atoms with van der Waals surface area (Å²) in [5, 5.41) is 2.87. The molecule has 3 rings (SSSR count). The van der Waals surface area contributed by atoms with Crippen LogP contribution in [0.25, 0.3) is 16.9 Å². The predicted molar refractivity (Wildman–Crippen MR) is 412 cm³/mol. The molecule has 1 heterocycles. The van der Waals surface area contributed by atoms with Crippen LogP contribution < -0.4 is 0 Å². The molecule has 0 atom stereocenters. The smallest absolute Gasteiger partial charge is 0.493 e. The zero-order valence-corrected chi connectivity index (χ0v) is 64.0. The molecular weight excluding hydrogens is 1160 g/mol. The summed E-state index contributed by atoms with van der Waals surface area (Å²) < 4.78 is 1.42. The molecule has 3 heteroatoms.